The zero-order chi connectivity index (χ0) is 39.5. The van der Waals surface area contributed by atoms with Gasteiger partial charge in [0.1, 0.15) is 29.4 Å². The van der Waals surface area contributed by atoms with E-state index in [0.717, 1.165) is 43.9 Å². The Bertz CT molecular complexity index is 2190. The van der Waals surface area contributed by atoms with Gasteiger partial charge in [-0.3, -0.25) is 19.9 Å². The van der Waals surface area contributed by atoms with Crippen LogP contribution in [0.25, 0.3) is 5.69 Å². The van der Waals surface area contributed by atoms with Crippen LogP contribution in [0.15, 0.2) is 55.0 Å². The fraction of sp³-hybridized carbons (Fsp3) is 0.463. The number of piperazine rings is 1. The average Bonchev–Trinajstić information content (AvgIpc) is 3.93. The number of aromatic nitrogens is 5. The average molecular weight is 788 g/mol. The van der Waals surface area contributed by atoms with Crippen molar-refractivity contribution in [1.82, 2.24) is 35.2 Å². The van der Waals surface area contributed by atoms with Crippen molar-refractivity contribution in [3.05, 3.63) is 71.3 Å². The quantitative estimate of drug-likeness (QED) is 0.150. The van der Waals surface area contributed by atoms with Crippen LogP contribution in [-0.4, -0.2) is 86.1 Å². The Hall–Kier alpha value is -5.77. The Kier molecular flexibility index (Phi) is 11.2. The van der Waals surface area contributed by atoms with E-state index in [1.165, 1.54) is 56.5 Å². The summed E-state index contributed by atoms with van der Waals surface area (Å²) in [5.41, 5.74) is 4.67. The molecule has 0 spiro atoms. The number of carbonyl (C=O) groups is 2. The zero-order valence-corrected chi connectivity index (χ0v) is 32.7. The van der Waals surface area contributed by atoms with Crippen LogP contribution in [0.4, 0.5) is 33.5 Å². The van der Waals surface area contributed by atoms with Crippen LogP contribution < -0.4 is 25.8 Å². The van der Waals surface area contributed by atoms with Gasteiger partial charge in [-0.05, 0) is 101 Å². The van der Waals surface area contributed by atoms with E-state index >= 15 is 0 Å². The lowest BCUT2D eigenvalue weighted by atomic mass is 9.79. The summed E-state index contributed by atoms with van der Waals surface area (Å²) >= 11 is 6.34. The van der Waals surface area contributed by atoms with Gasteiger partial charge in [0.15, 0.2) is 0 Å². The van der Waals surface area contributed by atoms with Crippen LogP contribution in [-0.2, 0) is 4.79 Å². The van der Waals surface area contributed by atoms with E-state index < -0.39 is 6.04 Å². The molecule has 2 aliphatic carbocycles. The van der Waals surface area contributed by atoms with Gasteiger partial charge in [-0.2, -0.15) is 10.5 Å². The third-order valence-corrected chi connectivity index (χ3v) is 12.3. The summed E-state index contributed by atoms with van der Waals surface area (Å²) in [6, 6.07) is 16.1. The summed E-state index contributed by atoms with van der Waals surface area (Å²) in [6.07, 6.45) is 14.8. The van der Waals surface area contributed by atoms with E-state index in [4.69, 9.17) is 16.9 Å². The van der Waals surface area contributed by atoms with Gasteiger partial charge < -0.3 is 15.5 Å². The first-order chi connectivity index (χ1) is 27.8. The van der Waals surface area contributed by atoms with E-state index in [2.05, 4.69) is 64.2 Å². The lowest BCUT2D eigenvalue weighted by molar-refractivity contribution is -0.120. The van der Waals surface area contributed by atoms with E-state index in [9.17, 15) is 14.9 Å². The number of nitrogens with zero attached hydrogens (tertiary/aromatic N) is 10. The number of urea groups is 1. The SMILES string of the molecule is C[C@H](C#N)Nc1cc(Nc2ncc(C#N)cc2Cl)ncc1-n1cc(C2CCC(CCN3CCN(c4ccc(N5CCC(=O)NC5=O)cc4)[C@@H]4CCC[C@@H]43)CC2)nn1. The number of amides is 3. The van der Waals surface area contributed by atoms with Gasteiger partial charge in [-0.25, -0.2) is 19.4 Å². The number of benzene rings is 1. The van der Waals surface area contributed by atoms with Crippen molar-refractivity contribution in [3.8, 4) is 17.8 Å². The number of nitriles is 2. The summed E-state index contributed by atoms with van der Waals surface area (Å²) < 4.78 is 1.72. The van der Waals surface area contributed by atoms with Crippen molar-refractivity contribution >= 4 is 52.2 Å². The van der Waals surface area contributed by atoms with Crippen LogP contribution in [0.1, 0.15) is 81.9 Å². The van der Waals surface area contributed by atoms with Crippen molar-refractivity contribution in [2.75, 3.05) is 46.6 Å². The minimum absolute atomic E-state index is 0.220. The number of anilines is 5. The van der Waals surface area contributed by atoms with Crippen LogP contribution >= 0.6 is 11.6 Å². The highest BCUT2D eigenvalue weighted by Crippen LogP contribution is 2.39. The zero-order valence-electron chi connectivity index (χ0n) is 31.9. The molecule has 3 amide bonds. The second kappa shape index (κ2) is 16.8. The number of fused-ring (bicyclic) bond motifs is 1. The normalized spacial score (nSPS) is 22.9. The second-order valence-corrected chi connectivity index (χ2v) is 15.9. The standard InChI is InChI=1S/C41H46ClN13O2/c1-26(21-43)47-33-20-38(48-40-32(42)19-28(22-44)23-46-40)45-24-37(33)55-25-34(50-51-55)29-7-5-27(6-8-29)13-15-52-17-18-53(36-4-2-3-35(36)52)30-9-11-31(12-10-30)54-16-14-39(56)49-41(54)57/h9-12,19-20,23-27,29,35-36H,2-8,13-18H2,1H3,(H,49,56,57)(H2,45,46,47,48)/t26-,27?,29?,35+,36-/m1/s1. The lowest BCUT2D eigenvalue weighted by Gasteiger charge is -2.46. The monoisotopic (exact) mass is 787 g/mol. The first kappa shape index (κ1) is 38.1. The van der Waals surface area contributed by atoms with Crippen LogP contribution in [0.2, 0.25) is 5.02 Å². The molecule has 0 radical (unpaired) electrons. The van der Waals surface area contributed by atoms with E-state index in [1.54, 1.807) is 28.8 Å². The lowest BCUT2D eigenvalue weighted by Crippen LogP contribution is -2.57. The molecule has 16 heteroatoms. The number of nitrogens with one attached hydrogen (secondary N) is 3. The molecule has 15 nitrogen and oxygen atoms in total. The van der Waals surface area contributed by atoms with Gasteiger partial charge in [-0.15, -0.1) is 5.10 Å². The second-order valence-electron chi connectivity index (χ2n) is 15.5. The number of rotatable bonds is 11. The number of halogens is 1. The molecule has 1 aromatic carbocycles. The van der Waals surface area contributed by atoms with Gasteiger partial charge in [0.05, 0.1) is 40.4 Å². The van der Waals surface area contributed by atoms with Crippen molar-refractivity contribution in [1.29, 1.82) is 10.5 Å². The summed E-state index contributed by atoms with van der Waals surface area (Å²) in [7, 11) is 0. The Morgan fingerprint density at radius 2 is 1.75 bits per heavy atom. The molecular formula is C41H46ClN13O2. The molecule has 4 aromatic rings. The number of pyridine rings is 2. The van der Waals surface area contributed by atoms with Gasteiger partial charge >= 0.3 is 6.03 Å². The first-order valence-electron chi connectivity index (χ1n) is 19.9. The molecule has 8 rings (SSSR count). The molecule has 2 aliphatic heterocycles. The van der Waals surface area contributed by atoms with E-state index in [-0.39, 0.29) is 11.9 Å². The minimum Gasteiger partial charge on any atom is -0.368 e. The predicted molar refractivity (Wildman–Crippen MR) is 217 cm³/mol. The Morgan fingerprint density at radius 1 is 0.965 bits per heavy atom. The van der Waals surface area contributed by atoms with Crippen molar-refractivity contribution in [2.24, 2.45) is 5.92 Å². The molecule has 0 unspecified atom stereocenters. The van der Waals surface area contributed by atoms with Crippen LogP contribution in [0.3, 0.4) is 0 Å². The Balaban J connectivity index is 0.851. The Morgan fingerprint density at radius 3 is 2.51 bits per heavy atom. The first-order valence-corrected chi connectivity index (χ1v) is 20.3. The van der Waals surface area contributed by atoms with Crippen molar-refractivity contribution in [3.63, 3.8) is 0 Å². The van der Waals surface area contributed by atoms with Crippen LogP contribution in [0, 0.1) is 28.6 Å². The van der Waals surface area contributed by atoms with Crippen LogP contribution in [0.5, 0.6) is 0 Å². The predicted octanol–water partition coefficient (Wildman–Crippen LogP) is 6.50. The molecule has 294 valence electrons. The molecule has 3 N–H and O–H groups in total. The number of imide groups is 1. The van der Waals surface area contributed by atoms with Gasteiger partial charge in [0.25, 0.3) is 0 Å². The van der Waals surface area contributed by atoms with Gasteiger partial charge in [0, 0.05) is 67.7 Å². The molecule has 2 saturated carbocycles. The highest BCUT2D eigenvalue weighted by atomic mass is 35.5. The third-order valence-electron chi connectivity index (χ3n) is 12.0. The Labute approximate surface area is 337 Å². The molecule has 3 atom stereocenters. The number of hydrogen-bond acceptors (Lipinski definition) is 12. The summed E-state index contributed by atoms with van der Waals surface area (Å²) in [5.74, 6) is 1.64. The smallest absolute Gasteiger partial charge is 0.328 e. The largest absolute Gasteiger partial charge is 0.368 e. The summed E-state index contributed by atoms with van der Waals surface area (Å²) in [4.78, 5) is 39.7. The number of hydrogen-bond donors (Lipinski definition) is 3. The topological polar surface area (TPSA) is 184 Å². The molecule has 4 fully saturated rings. The fourth-order valence-electron chi connectivity index (χ4n) is 8.98. The number of carbonyl (C=O) groups excluding carboxylic acids is 2. The molecule has 5 heterocycles. The van der Waals surface area contributed by atoms with Gasteiger partial charge in [0.2, 0.25) is 5.91 Å². The summed E-state index contributed by atoms with van der Waals surface area (Å²) in [6.45, 7) is 5.36. The van der Waals surface area contributed by atoms with Gasteiger partial charge in [-0.1, -0.05) is 16.8 Å². The molecule has 3 aromatic heterocycles. The maximum Gasteiger partial charge on any atom is 0.328 e. The fourth-order valence-corrected chi connectivity index (χ4v) is 9.19. The highest BCUT2D eigenvalue weighted by Gasteiger charge is 2.40. The van der Waals surface area contributed by atoms with Crippen molar-refractivity contribution in [2.45, 2.75) is 88.8 Å². The highest BCUT2D eigenvalue weighted by molar-refractivity contribution is 6.33. The summed E-state index contributed by atoms with van der Waals surface area (Å²) in [5, 5.41) is 36.8. The molecular weight excluding hydrogens is 742 g/mol. The third kappa shape index (κ3) is 8.36. The molecule has 0 bridgehead atoms. The van der Waals surface area contributed by atoms with E-state index in [0.29, 0.717) is 70.5 Å². The molecule has 4 aliphatic rings. The van der Waals surface area contributed by atoms with Crippen molar-refractivity contribution < 1.29 is 9.59 Å². The molecule has 2 saturated heterocycles. The maximum absolute atomic E-state index is 12.3. The minimum atomic E-state index is -0.471. The van der Waals surface area contributed by atoms with E-state index in [1.807, 2.05) is 24.4 Å². The maximum atomic E-state index is 12.3. The molecule has 57 heavy (non-hydrogen) atoms.